The van der Waals surface area contributed by atoms with Gasteiger partial charge in [-0.1, -0.05) is 12.5 Å². The molecule has 2 fully saturated rings. The predicted molar refractivity (Wildman–Crippen MR) is 113 cm³/mol. The third-order valence-electron chi connectivity index (χ3n) is 5.50. The van der Waals surface area contributed by atoms with E-state index in [1.165, 1.54) is 17.0 Å². The maximum Gasteiger partial charge on any atom is 0.324 e. The molecule has 3 rings (SSSR count). The van der Waals surface area contributed by atoms with Crippen LogP contribution < -0.4 is 10.1 Å². The fourth-order valence-electron chi connectivity index (χ4n) is 3.45. The highest BCUT2D eigenvalue weighted by Crippen LogP contribution is 2.31. The number of hydrogen-bond acceptors (Lipinski definition) is 6. The number of benzene rings is 1. The van der Waals surface area contributed by atoms with E-state index in [-0.39, 0.29) is 29.5 Å². The molecule has 0 spiro atoms. The van der Waals surface area contributed by atoms with Crippen LogP contribution in [0.5, 0.6) is 5.75 Å². The number of carboxylic acid groups (broad SMARTS) is 1. The van der Waals surface area contributed by atoms with Gasteiger partial charge in [0, 0.05) is 6.54 Å². The fourth-order valence-corrected chi connectivity index (χ4v) is 5.11. The Morgan fingerprint density at radius 3 is 2.62 bits per heavy atom. The standard InChI is InChI=1S/C21H27FN2O7S/c22-17-7-6-15(10-18(17)31-12-14-4-5-14)16(20(26)27)13-32(29,30)9-3-1-2-8-24-11-19(25)23-21(24)28/h6-7,10,14,16H,1-5,8-9,11-13H2,(H,26,27)(H,23,25,28)/t16-/m0/s1. The molecule has 1 saturated heterocycles. The number of rotatable bonds is 13. The molecular weight excluding hydrogens is 443 g/mol. The first kappa shape index (κ1) is 24.0. The first-order valence-corrected chi connectivity index (χ1v) is 12.4. The molecule has 3 amide bonds. The van der Waals surface area contributed by atoms with Crippen LogP contribution in [0.15, 0.2) is 18.2 Å². The number of carboxylic acids is 1. The number of halogens is 1. The zero-order valence-corrected chi connectivity index (χ0v) is 18.4. The van der Waals surface area contributed by atoms with Gasteiger partial charge >= 0.3 is 12.0 Å². The number of carbonyl (C=O) groups excluding carboxylic acids is 2. The van der Waals surface area contributed by atoms with Gasteiger partial charge in [0.25, 0.3) is 0 Å². The van der Waals surface area contributed by atoms with Crippen LogP contribution in [-0.2, 0) is 19.4 Å². The number of nitrogens with one attached hydrogen (secondary N) is 1. The van der Waals surface area contributed by atoms with Crippen LogP contribution in [0, 0.1) is 11.7 Å². The van der Waals surface area contributed by atoms with E-state index in [4.69, 9.17) is 4.74 Å². The van der Waals surface area contributed by atoms with Gasteiger partial charge in [-0.15, -0.1) is 0 Å². The van der Waals surface area contributed by atoms with E-state index in [1.54, 1.807) is 0 Å². The molecule has 1 aliphatic heterocycles. The van der Waals surface area contributed by atoms with Crippen molar-refractivity contribution in [1.29, 1.82) is 0 Å². The first-order valence-electron chi connectivity index (χ1n) is 10.6. The molecule has 1 atom stereocenters. The topological polar surface area (TPSA) is 130 Å². The van der Waals surface area contributed by atoms with Crippen LogP contribution >= 0.6 is 0 Å². The smallest absolute Gasteiger partial charge is 0.324 e. The Hall–Kier alpha value is -2.69. The predicted octanol–water partition coefficient (Wildman–Crippen LogP) is 1.92. The van der Waals surface area contributed by atoms with Crippen molar-refractivity contribution in [3.8, 4) is 5.75 Å². The van der Waals surface area contributed by atoms with Crippen molar-refractivity contribution in [2.75, 3.05) is 31.2 Å². The Bertz CT molecular complexity index is 978. The number of urea groups is 1. The fraction of sp³-hybridized carbons (Fsp3) is 0.571. The van der Waals surface area contributed by atoms with Crippen LogP contribution in [0.1, 0.15) is 43.6 Å². The van der Waals surface area contributed by atoms with Crippen molar-refractivity contribution in [2.45, 2.75) is 38.0 Å². The highest BCUT2D eigenvalue weighted by molar-refractivity contribution is 7.91. The van der Waals surface area contributed by atoms with Crippen molar-refractivity contribution in [1.82, 2.24) is 10.2 Å². The Morgan fingerprint density at radius 1 is 1.25 bits per heavy atom. The summed E-state index contributed by atoms with van der Waals surface area (Å²) < 4.78 is 44.5. The minimum Gasteiger partial charge on any atom is -0.490 e. The molecule has 1 saturated carbocycles. The Kier molecular flexibility index (Phi) is 7.70. The highest BCUT2D eigenvalue weighted by atomic mass is 32.2. The largest absolute Gasteiger partial charge is 0.490 e. The monoisotopic (exact) mass is 470 g/mol. The van der Waals surface area contributed by atoms with E-state index in [0.29, 0.717) is 38.3 Å². The molecule has 1 aliphatic carbocycles. The number of carbonyl (C=O) groups is 3. The highest BCUT2D eigenvalue weighted by Gasteiger charge is 2.29. The van der Waals surface area contributed by atoms with Gasteiger partial charge in [0.2, 0.25) is 5.91 Å². The van der Waals surface area contributed by atoms with Crippen molar-refractivity contribution < 1.29 is 37.0 Å². The van der Waals surface area contributed by atoms with Crippen molar-refractivity contribution in [3.63, 3.8) is 0 Å². The molecule has 176 valence electrons. The Morgan fingerprint density at radius 2 is 2.00 bits per heavy atom. The first-order chi connectivity index (χ1) is 15.1. The molecule has 2 N–H and O–H groups in total. The second-order valence-corrected chi connectivity index (χ2v) is 10.5. The number of sulfone groups is 1. The molecule has 1 aromatic rings. The van der Waals surface area contributed by atoms with Gasteiger partial charge in [-0.25, -0.2) is 17.6 Å². The van der Waals surface area contributed by atoms with Gasteiger partial charge in [-0.3, -0.25) is 14.9 Å². The summed E-state index contributed by atoms with van der Waals surface area (Å²) in [6.07, 6.45) is 3.36. The summed E-state index contributed by atoms with van der Waals surface area (Å²) in [5, 5.41) is 11.8. The van der Waals surface area contributed by atoms with Crippen LogP contribution in [0.3, 0.4) is 0 Å². The van der Waals surface area contributed by atoms with Gasteiger partial charge in [0.05, 0.1) is 24.0 Å². The maximum absolute atomic E-state index is 14.0. The second kappa shape index (κ2) is 10.3. The summed E-state index contributed by atoms with van der Waals surface area (Å²) in [4.78, 5) is 35.7. The SMILES string of the molecule is O=C1CN(CCCCCS(=O)(=O)C[C@H](C(=O)O)c2ccc(F)c(OCC3CC3)c2)C(=O)N1. The molecule has 32 heavy (non-hydrogen) atoms. The number of nitrogens with zero attached hydrogens (tertiary/aromatic N) is 1. The van der Waals surface area contributed by atoms with Crippen LogP contribution in [0.25, 0.3) is 0 Å². The number of imide groups is 1. The molecule has 11 heteroatoms. The van der Waals surface area contributed by atoms with E-state index in [1.807, 2.05) is 0 Å². The van der Waals surface area contributed by atoms with Crippen molar-refractivity contribution in [2.24, 2.45) is 5.92 Å². The number of hydrogen-bond donors (Lipinski definition) is 2. The van der Waals surface area contributed by atoms with Gasteiger partial charge in [-0.05, 0) is 49.3 Å². The molecule has 9 nitrogen and oxygen atoms in total. The molecule has 2 aliphatic rings. The lowest BCUT2D eigenvalue weighted by Gasteiger charge is -2.16. The zero-order valence-electron chi connectivity index (χ0n) is 17.6. The van der Waals surface area contributed by atoms with Gasteiger partial charge in [0.15, 0.2) is 21.4 Å². The molecule has 0 radical (unpaired) electrons. The summed E-state index contributed by atoms with van der Waals surface area (Å²) in [5.41, 5.74) is 0.179. The van der Waals surface area contributed by atoms with Gasteiger partial charge < -0.3 is 14.7 Å². The van der Waals surface area contributed by atoms with E-state index < -0.39 is 39.3 Å². The minimum atomic E-state index is -3.69. The molecule has 0 unspecified atom stereocenters. The summed E-state index contributed by atoms with van der Waals surface area (Å²) in [6, 6.07) is 3.19. The van der Waals surface area contributed by atoms with E-state index in [0.717, 1.165) is 18.9 Å². The quantitative estimate of drug-likeness (QED) is 0.333. The molecular formula is C21H27FN2O7S. The number of aliphatic carboxylic acids is 1. The zero-order chi connectivity index (χ0) is 23.3. The van der Waals surface area contributed by atoms with Gasteiger partial charge in [0.1, 0.15) is 6.54 Å². The third kappa shape index (κ3) is 6.91. The van der Waals surface area contributed by atoms with Crippen LogP contribution in [-0.4, -0.2) is 67.5 Å². The average Bonchev–Trinajstić information content (AvgIpc) is 3.49. The Labute approximate surface area is 185 Å². The summed E-state index contributed by atoms with van der Waals surface area (Å²) in [5.74, 6) is -4.10. The van der Waals surface area contributed by atoms with E-state index in [2.05, 4.69) is 5.32 Å². The molecule has 1 heterocycles. The van der Waals surface area contributed by atoms with E-state index >= 15 is 0 Å². The van der Waals surface area contributed by atoms with Crippen molar-refractivity contribution >= 4 is 27.7 Å². The van der Waals surface area contributed by atoms with Crippen molar-refractivity contribution in [3.05, 3.63) is 29.6 Å². The number of unbranched alkanes of at least 4 members (excludes halogenated alkanes) is 2. The average molecular weight is 471 g/mol. The second-order valence-electron chi connectivity index (χ2n) is 8.28. The lowest BCUT2D eigenvalue weighted by atomic mass is 10.0. The third-order valence-corrected chi connectivity index (χ3v) is 7.25. The van der Waals surface area contributed by atoms with E-state index in [9.17, 15) is 32.3 Å². The summed E-state index contributed by atoms with van der Waals surface area (Å²) >= 11 is 0. The number of amides is 3. The Balaban J connectivity index is 1.51. The lowest BCUT2D eigenvalue weighted by Crippen LogP contribution is -2.29. The number of ether oxygens (including phenoxy) is 1. The summed E-state index contributed by atoms with van der Waals surface area (Å²) in [7, 11) is -3.69. The summed E-state index contributed by atoms with van der Waals surface area (Å²) in [6.45, 7) is 0.694. The maximum atomic E-state index is 14.0. The minimum absolute atomic E-state index is 0.00144. The molecule has 0 bridgehead atoms. The molecule has 1 aromatic carbocycles. The van der Waals surface area contributed by atoms with Crippen LogP contribution in [0.4, 0.5) is 9.18 Å². The normalized spacial score (nSPS) is 17.3. The van der Waals surface area contributed by atoms with Gasteiger partial charge in [-0.2, -0.15) is 0 Å². The lowest BCUT2D eigenvalue weighted by molar-refractivity contribution is -0.138. The molecule has 0 aromatic heterocycles. The van der Waals surface area contributed by atoms with Crippen LogP contribution in [0.2, 0.25) is 0 Å².